The summed E-state index contributed by atoms with van der Waals surface area (Å²) in [5.74, 6) is 1.09. The molecule has 0 amide bonds. The largest absolute Gasteiger partial charge is 0.385 e. The maximum Gasteiger partial charge on any atom is 0.0701 e. The predicted molar refractivity (Wildman–Crippen MR) is 77.4 cm³/mol. The summed E-state index contributed by atoms with van der Waals surface area (Å²) in [5.41, 5.74) is 6.03. The first kappa shape index (κ1) is 14.5. The Morgan fingerprint density at radius 3 is 2.81 bits per heavy atom. The van der Waals surface area contributed by atoms with Crippen molar-refractivity contribution < 1.29 is 4.74 Å². The van der Waals surface area contributed by atoms with E-state index in [2.05, 4.69) is 35.0 Å². The lowest BCUT2D eigenvalue weighted by molar-refractivity contribution is 0.200. The fraction of sp³-hybridized carbons (Fsp3) is 0.636. The third-order valence-electron chi connectivity index (χ3n) is 2.14. The summed E-state index contributed by atoms with van der Waals surface area (Å²) in [6.07, 6.45) is 1.08. The average molecular weight is 324 g/mol. The lowest BCUT2D eigenvalue weighted by Crippen LogP contribution is -2.22. The number of ether oxygens (including phenoxy) is 1. The van der Waals surface area contributed by atoms with Crippen molar-refractivity contribution in [3.63, 3.8) is 0 Å². The number of halogens is 1. The van der Waals surface area contributed by atoms with Crippen LogP contribution in [-0.2, 0) is 4.74 Å². The van der Waals surface area contributed by atoms with E-state index >= 15 is 0 Å². The molecule has 2 unspecified atom stereocenters. The van der Waals surface area contributed by atoms with Crippen LogP contribution < -0.4 is 5.73 Å². The molecule has 0 aliphatic rings. The van der Waals surface area contributed by atoms with Gasteiger partial charge in [0.25, 0.3) is 0 Å². The molecule has 0 aliphatic carbocycles. The molecule has 2 nitrogen and oxygen atoms in total. The van der Waals surface area contributed by atoms with Gasteiger partial charge in [-0.1, -0.05) is 0 Å². The van der Waals surface area contributed by atoms with Crippen molar-refractivity contribution >= 4 is 39.0 Å². The van der Waals surface area contributed by atoms with Crippen LogP contribution in [0.25, 0.3) is 0 Å². The topological polar surface area (TPSA) is 35.2 Å². The van der Waals surface area contributed by atoms with Crippen LogP contribution in [0.15, 0.2) is 15.9 Å². The molecule has 16 heavy (non-hydrogen) atoms. The number of nitrogens with two attached hydrogens (primary N) is 1. The van der Waals surface area contributed by atoms with Gasteiger partial charge < -0.3 is 10.5 Å². The monoisotopic (exact) mass is 323 g/mol. The standard InChI is InChI=1S/C11H18BrNOS2/c1-8(13)11(15-7-3-6-14-2)9-4-5-10(12)16-9/h4-5,8,11H,3,6-7,13H2,1-2H3. The van der Waals surface area contributed by atoms with Gasteiger partial charge in [-0.3, -0.25) is 0 Å². The zero-order valence-electron chi connectivity index (χ0n) is 9.61. The highest BCUT2D eigenvalue weighted by molar-refractivity contribution is 9.11. The summed E-state index contributed by atoms with van der Waals surface area (Å²) in [6.45, 7) is 2.90. The van der Waals surface area contributed by atoms with E-state index in [-0.39, 0.29) is 6.04 Å². The minimum atomic E-state index is 0.179. The van der Waals surface area contributed by atoms with E-state index in [4.69, 9.17) is 10.5 Å². The van der Waals surface area contributed by atoms with Crippen LogP contribution in [0.4, 0.5) is 0 Å². The highest BCUT2D eigenvalue weighted by Gasteiger charge is 2.18. The molecule has 0 fully saturated rings. The Kier molecular flexibility index (Phi) is 7.00. The molecule has 1 aromatic rings. The fourth-order valence-corrected chi connectivity index (χ4v) is 4.34. The van der Waals surface area contributed by atoms with E-state index in [1.807, 2.05) is 11.8 Å². The van der Waals surface area contributed by atoms with Crippen molar-refractivity contribution in [2.75, 3.05) is 19.5 Å². The molecular formula is C11H18BrNOS2. The third-order valence-corrected chi connectivity index (χ3v) is 5.56. The highest BCUT2D eigenvalue weighted by Crippen LogP contribution is 2.37. The summed E-state index contributed by atoms with van der Waals surface area (Å²) in [7, 11) is 1.74. The minimum absolute atomic E-state index is 0.179. The van der Waals surface area contributed by atoms with Gasteiger partial charge in [-0.05, 0) is 47.2 Å². The summed E-state index contributed by atoms with van der Waals surface area (Å²) in [4.78, 5) is 1.35. The molecule has 1 rings (SSSR count). The maximum absolute atomic E-state index is 6.03. The molecule has 2 N–H and O–H groups in total. The van der Waals surface area contributed by atoms with E-state index in [0.717, 1.165) is 18.8 Å². The van der Waals surface area contributed by atoms with Gasteiger partial charge in [0.15, 0.2) is 0 Å². The van der Waals surface area contributed by atoms with Crippen molar-refractivity contribution in [2.45, 2.75) is 24.6 Å². The van der Waals surface area contributed by atoms with Gasteiger partial charge in [0.2, 0.25) is 0 Å². The number of hydrogen-bond donors (Lipinski definition) is 1. The second-order valence-corrected chi connectivity index (χ2v) is 7.38. The third kappa shape index (κ3) is 4.75. The average Bonchev–Trinajstić information content (AvgIpc) is 2.64. The maximum atomic E-state index is 6.03. The molecular weight excluding hydrogens is 306 g/mol. The Hall–Kier alpha value is 0.450. The van der Waals surface area contributed by atoms with Gasteiger partial charge >= 0.3 is 0 Å². The molecule has 92 valence electrons. The lowest BCUT2D eigenvalue weighted by Gasteiger charge is -2.18. The first-order chi connectivity index (χ1) is 7.65. The van der Waals surface area contributed by atoms with Gasteiger partial charge in [-0.25, -0.2) is 0 Å². The number of thiophene rings is 1. The summed E-state index contributed by atoms with van der Waals surface area (Å²) < 4.78 is 6.22. The Bertz CT molecular complexity index is 304. The Morgan fingerprint density at radius 1 is 1.56 bits per heavy atom. The van der Waals surface area contributed by atoms with E-state index in [9.17, 15) is 0 Å². The number of rotatable bonds is 7. The first-order valence-electron chi connectivity index (χ1n) is 5.26. The Morgan fingerprint density at radius 2 is 2.31 bits per heavy atom. The van der Waals surface area contributed by atoms with E-state index in [0.29, 0.717) is 5.25 Å². The van der Waals surface area contributed by atoms with Gasteiger partial charge in [-0.15, -0.1) is 11.3 Å². The Balaban J connectivity index is 2.48. The molecule has 0 spiro atoms. The van der Waals surface area contributed by atoms with Crippen molar-refractivity contribution in [1.82, 2.24) is 0 Å². The van der Waals surface area contributed by atoms with Crippen LogP contribution in [0.2, 0.25) is 0 Å². The fourth-order valence-electron chi connectivity index (χ4n) is 1.39. The molecule has 0 radical (unpaired) electrons. The second kappa shape index (κ2) is 7.71. The molecule has 0 aromatic carbocycles. The molecule has 0 saturated carbocycles. The molecule has 1 aromatic heterocycles. The summed E-state index contributed by atoms with van der Waals surface area (Å²) in [5, 5.41) is 0.396. The molecule has 5 heteroatoms. The molecule has 2 atom stereocenters. The van der Waals surface area contributed by atoms with E-state index in [1.165, 1.54) is 8.66 Å². The lowest BCUT2D eigenvalue weighted by atomic mass is 10.2. The number of methoxy groups -OCH3 is 1. The van der Waals surface area contributed by atoms with Crippen LogP contribution in [0, 0.1) is 0 Å². The van der Waals surface area contributed by atoms with E-state index in [1.54, 1.807) is 18.4 Å². The van der Waals surface area contributed by atoms with Gasteiger partial charge in [0.1, 0.15) is 0 Å². The zero-order valence-corrected chi connectivity index (χ0v) is 12.8. The van der Waals surface area contributed by atoms with Crippen molar-refractivity contribution in [3.05, 3.63) is 20.8 Å². The minimum Gasteiger partial charge on any atom is -0.385 e. The molecule has 0 saturated heterocycles. The van der Waals surface area contributed by atoms with Crippen LogP contribution in [-0.4, -0.2) is 25.5 Å². The SMILES string of the molecule is COCCCSC(c1ccc(Br)s1)C(C)N. The highest BCUT2D eigenvalue weighted by atomic mass is 79.9. The van der Waals surface area contributed by atoms with Gasteiger partial charge in [-0.2, -0.15) is 11.8 Å². The zero-order chi connectivity index (χ0) is 12.0. The summed E-state index contributed by atoms with van der Waals surface area (Å²) >= 11 is 7.18. The molecule has 1 heterocycles. The van der Waals surface area contributed by atoms with Crippen LogP contribution >= 0.6 is 39.0 Å². The van der Waals surface area contributed by atoms with Gasteiger partial charge in [0.05, 0.1) is 9.04 Å². The van der Waals surface area contributed by atoms with Crippen molar-refractivity contribution in [3.8, 4) is 0 Å². The normalized spacial score (nSPS) is 15.0. The number of hydrogen-bond acceptors (Lipinski definition) is 4. The smallest absolute Gasteiger partial charge is 0.0701 e. The van der Waals surface area contributed by atoms with Crippen LogP contribution in [0.5, 0.6) is 0 Å². The Labute approximate surface area is 114 Å². The first-order valence-corrected chi connectivity index (χ1v) is 7.92. The number of thioether (sulfide) groups is 1. The van der Waals surface area contributed by atoms with Gasteiger partial charge in [0, 0.05) is 24.6 Å². The van der Waals surface area contributed by atoms with Crippen LogP contribution in [0.1, 0.15) is 23.5 Å². The molecule has 0 bridgehead atoms. The van der Waals surface area contributed by atoms with Crippen LogP contribution in [0.3, 0.4) is 0 Å². The quantitative estimate of drug-likeness (QED) is 0.777. The van der Waals surface area contributed by atoms with Crippen molar-refractivity contribution in [2.24, 2.45) is 5.73 Å². The van der Waals surface area contributed by atoms with E-state index < -0.39 is 0 Å². The summed E-state index contributed by atoms with van der Waals surface area (Å²) in [6, 6.07) is 4.43. The predicted octanol–water partition coefficient (Wildman–Crippen LogP) is 3.67. The second-order valence-electron chi connectivity index (χ2n) is 3.64. The molecule has 0 aliphatic heterocycles. The van der Waals surface area contributed by atoms with Crippen molar-refractivity contribution in [1.29, 1.82) is 0 Å².